The Labute approximate surface area is 290 Å². The Morgan fingerprint density at radius 2 is 0.935 bits per heavy atom. The highest BCUT2D eigenvalue weighted by Gasteiger charge is 2.12. The van der Waals surface area contributed by atoms with Crippen molar-refractivity contribution < 1.29 is 0 Å². The molecule has 2 heteroatoms. The average molecular weight is 657 g/mol. The molecule has 0 unspecified atom stereocenters. The van der Waals surface area contributed by atoms with Crippen molar-refractivity contribution in [2.24, 2.45) is 0 Å². The molecular formula is C44H68SSi. The molecule has 3 aromatic carbocycles. The monoisotopic (exact) mass is 656 g/mol. The van der Waals surface area contributed by atoms with Crippen molar-refractivity contribution >= 4 is 41.4 Å². The van der Waals surface area contributed by atoms with E-state index in [2.05, 4.69) is 87.6 Å². The summed E-state index contributed by atoms with van der Waals surface area (Å²) in [7, 11) is -1.46. The molecule has 0 atom stereocenters. The molecule has 3 aromatic rings. The molecular weight excluding hydrogens is 589 g/mol. The molecule has 0 aliphatic rings. The first kappa shape index (κ1) is 38.8. The summed E-state index contributed by atoms with van der Waals surface area (Å²) in [4.78, 5) is 1.31. The second kappa shape index (κ2) is 22.0. The number of rotatable bonds is 23. The second-order valence-corrected chi connectivity index (χ2v) is 20.7. The van der Waals surface area contributed by atoms with Crippen LogP contribution in [0.25, 0.3) is 21.5 Å². The Morgan fingerprint density at radius 1 is 0.500 bits per heavy atom. The van der Waals surface area contributed by atoms with Crippen LogP contribution in [0.15, 0.2) is 41.3 Å². The van der Waals surface area contributed by atoms with Crippen LogP contribution in [0.5, 0.6) is 0 Å². The lowest BCUT2D eigenvalue weighted by Crippen LogP contribution is -2.16. The summed E-state index contributed by atoms with van der Waals surface area (Å²) in [5, 5.41) is 5.47. The molecule has 0 N–H and O–H groups in total. The van der Waals surface area contributed by atoms with Crippen LogP contribution in [0.3, 0.4) is 0 Å². The summed E-state index contributed by atoms with van der Waals surface area (Å²) in [5.74, 6) is 3.63. The van der Waals surface area contributed by atoms with Gasteiger partial charge in [-0.25, -0.2) is 0 Å². The highest BCUT2D eigenvalue weighted by atomic mass is 32.2. The Morgan fingerprint density at radius 3 is 1.37 bits per heavy atom. The van der Waals surface area contributed by atoms with Gasteiger partial charge >= 0.3 is 0 Å². The van der Waals surface area contributed by atoms with E-state index in [4.69, 9.17) is 0 Å². The molecule has 0 heterocycles. The van der Waals surface area contributed by atoms with Crippen molar-refractivity contribution in [3.8, 4) is 11.5 Å². The van der Waals surface area contributed by atoms with E-state index in [1.807, 2.05) is 11.8 Å². The molecule has 0 amide bonds. The van der Waals surface area contributed by atoms with Crippen LogP contribution in [0.4, 0.5) is 0 Å². The van der Waals surface area contributed by atoms with Crippen molar-refractivity contribution in [3.05, 3.63) is 53.1 Å². The Kier molecular flexibility index (Phi) is 18.6. The van der Waals surface area contributed by atoms with E-state index in [9.17, 15) is 0 Å². The van der Waals surface area contributed by atoms with Gasteiger partial charge in [0.1, 0.15) is 8.07 Å². The predicted molar refractivity (Wildman–Crippen MR) is 215 cm³/mol. The van der Waals surface area contributed by atoms with Crippen LogP contribution >= 0.6 is 11.8 Å². The van der Waals surface area contributed by atoms with E-state index in [0.29, 0.717) is 0 Å². The average Bonchev–Trinajstić information content (AvgIpc) is 3.04. The SMILES string of the molecule is CCCCCCCCCCCCc1cc2cc3cc(SC)cc(C#C[Si](C)(C)C)c3cc2cc1CCCCCCCCCCCC. The number of benzene rings is 3. The van der Waals surface area contributed by atoms with E-state index < -0.39 is 8.07 Å². The molecule has 0 saturated heterocycles. The minimum absolute atomic E-state index is 1.21. The minimum atomic E-state index is -1.46. The van der Waals surface area contributed by atoms with Gasteiger partial charge in [0, 0.05) is 10.5 Å². The quantitative estimate of drug-likeness (QED) is 0.0322. The molecule has 0 saturated carbocycles. The number of thioether (sulfide) groups is 1. The third-order valence-corrected chi connectivity index (χ3v) is 11.2. The van der Waals surface area contributed by atoms with E-state index in [0.717, 1.165) is 0 Å². The van der Waals surface area contributed by atoms with Crippen molar-refractivity contribution in [1.82, 2.24) is 0 Å². The first-order valence-corrected chi connectivity index (χ1v) is 24.2. The van der Waals surface area contributed by atoms with Gasteiger partial charge in [-0.1, -0.05) is 167 Å². The van der Waals surface area contributed by atoms with Crippen LogP contribution in [-0.2, 0) is 12.8 Å². The van der Waals surface area contributed by atoms with Gasteiger partial charge in [-0.2, -0.15) is 0 Å². The fraction of sp³-hybridized carbons (Fsp3) is 0.636. The Hall–Kier alpha value is -1.69. The van der Waals surface area contributed by atoms with Crippen molar-refractivity contribution in [2.45, 2.75) is 180 Å². The summed E-state index contributed by atoms with van der Waals surface area (Å²) in [5.41, 5.74) is 8.07. The first-order valence-electron chi connectivity index (χ1n) is 19.4. The molecule has 254 valence electrons. The van der Waals surface area contributed by atoms with Gasteiger partial charge in [0.25, 0.3) is 0 Å². The van der Waals surface area contributed by atoms with Crippen molar-refractivity contribution in [1.29, 1.82) is 0 Å². The van der Waals surface area contributed by atoms with E-state index in [1.54, 1.807) is 11.1 Å². The van der Waals surface area contributed by atoms with Crippen LogP contribution < -0.4 is 0 Å². The highest BCUT2D eigenvalue weighted by Crippen LogP contribution is 2.32. The maximum atomic E-state index is 3.64. The van der Waals surface area contributed by atoms with Crippen molar-refractivity contribution in [3.63, 3.8) is 0 Å². The zero-order valence-corrected chi connectivity index (χ0v) is 32.7. The molecule has 0 bridgehead atoms. The van der Waals surface area contributed by atoms with Crippen LogP contribution in [0, 0.1) is 11.5 Å². The van der Waals surface area contributed by atoms with Gasteiger partial charge in [-0.05, 0) is 88.9 Å². The summed E-state index contributed by atoms with van der Waals surface area (Å²) < 4.78 is 0. The van der Waals surface area contributed by atoms with Gasteiger partial charge in [0.05, 0.1) is 0 Å². The number of aryl methyl sites for hydroxylation is 2. The fourth-order valence-electron chi connectivity index (χ4n) is 6.78. The highest BCUT2D eigenvalue weighted by molar-refractivity contribution is 7.98. The second-order valence-electron chi connectivity index (χ2n) is 15.1. The molecule has 0 aliphatic carbocycles. The van der Waals surface area contributed by atoms with Crippen LogP contribution in [0.2, 0.25) is 19.6 Å². The predicted octanol–water partition coefficient (Wildman–Crippen LogP) is 14.9. The minimum Gasteiger partial charge on any atom is -0.130 e. The zero-order valence-electron chi connectivity index (χ0n) is 30.9. The molecule has 3 rings (SSSR count). The number of hydrogen-bond acceptors (Lipinski definition) is 1. The number of hydrogen-bond donors (Lipinski definition) is 0. The fourth-order valence-corrected chi connectivity index (χ4v) is 7.77. The standard InChI is InChI=1S/C44H68SSi/c1-7-9-11-13-15-17-19-21-23-25-27-37-31-40-33-42-35-43(45-3)34-39(29-30-46(4,5)6)44(42)36-41(40)32-38(37)28-26-24-22-20-18-16-14-12-10-8-2/h31-36H,7-28H2,1-6H3. The Bertz CT molecular complexity index is 1350. The normalized spacial score (nSPS) is 11.8. The molecule has 0 fully saturated rings. The van der Waals surface area contributed by atoms with Crippen LogP contribution in [0.1, 0.15) is 159 Å². The molecule has 0 aromatic heterocycles. The summed E-state index contributed by atoms with van der Waals surface area (Å²) in [6, 6.07) is 14.7. The lowest BCUT2D eigenvalue weighted by molar-refractivity contribution is 0.553. The number of fused-ring (bicyclic) bond motifs is 2. The molecule has 46 heavy (non-hydrogen) atoms. The maximum absolute atomic E-state index is 3.64. The summed E-state index contributed by atoms with van der Waals surface area (Å²) in [6.07, 6.45) is 32.7. The molecule has 0 nitrogen and oxygen atoms in total. The van der Waals surface area contributed by atoms with E-state index in [1.165, 1.54) is 173 Å². The first-order chi connectivity index (χ1) is 22.3. The largest absolute Gasteiger partial charge is 0.130 e. The maximum Gasteiger partial charge on any atom is 0.129 e. The van der Waals surface area contributed by atoms with E-state index in [-0.39, 0.29) is 0 Å². The lowest BCUT2D eigenvalue weighted by atomic mass is 9.91. The van der Waals surface area contributed by atoms with Crippen LogP contribution in [-0.4, -0.2) is 14.3 Å². The lowest BCUT2D eigenvalue weighted by Gasteiger charge is -2.14. The Balaban J connectivity index is 1.72. The summed E-state index contributed by atoms with van der Waals surface area (Å²) >= 11 is 1.83. The topological polar surface area (TPSA) is 0 Å². The number of unbranched alkanes of at least 4 members (excludes halogenated alkanes) is 18. The van der Waals surface area contributed by atoms with Gasteiger partial charge in [-0.3, -0.25) is 0 Å². The zero-order chi connectivity index (χ0) is 33.0. The van der Waals surface area contributed by atoms with Gasteiger partial charge in [0.15, 0.2) is 0 Å². The third kappa shape index (κ3) is 14.6. The molecule has 0 radical (unpaired) electrons. The summed E-state index contributed by atoms with van der Waals surface area (Å²) in [6.45, 7) is 11.6. The van der Waals surface area contributed by atoms with Crippen molar-refractivity contribution in [2.75, 3.05) is 6.26 Å². The molecule has 0 aliphatic heterocycles. The molecule has 0 spiro atoms. The van der Waals surface area contributed by atoms with Gasteiger partial charge in [0.2, 0.25) is 0 Å². The smallest absolute Gasteiger partial charge is 0.129 e. The van der Waals surface area contributed by atoms with Gasteiger partial charge < -0.3 is 0 Å². The van der Waals surface area contributed by atoms with Gasteiger partial charge in [-0.15, -0.1) is 17.3 Å². The third-order valence-electron chi connectivity index (χ3n) is 9.61. The van der Waals surface area contributed by atoms with E-state index >= 15 is 0 Å².